The van der Waals surface area contributed by atoms with E-state index in [1.807, 2.05) is 11.8 Å². The Hall–Kier alpha value is 0.230. The Morgan fingerprint density at radius 3 is 2.75 bits per heavy atom. The van der Waals surface area contributed by atoms with E-state index in [0.29, 0.717) is 12.1 Å². The molecule has 4 heteroatoms. The molecule has 0 spiro atoms. The lowest BCUT2D eigenvalue weighted by Crippen LogP contribution is -2.44. The van der Waals surface area contributed by atoms with E-state index in [2.05, 4.69) is 12.4 Å². The van der Waals surface area contributed by atoms with Crippen LogP contribution in [-0.2, 0) is 9.47 Å². The van der Waals surface area contributed by atoms with E-state index in [-0.39, 0.29) is 0 Å². The summed E-state index contributed by atoms with van der Waals surface area (Å²) >= 11 is 2.02. The number of nitrogens with one attached hydrogen (secondary N) is 1. The predicted molar refractivity (Wildman–Crippen MR) is 68.1 cm³/mol. The Bertz CT molecular complexity index is 191. The van der Waals surface area contributed by atoms with Gasteiger partial charge in [0.1, 0.15) is 0 Å². The number of thioether (sulfide) groups is 1. The van der Waals surface area contributed by atoms with Gasteiger partial charge in [-0.15, -0.1) is 0 Å². The first-order chi connectivity index (χ1) is 7.90. The number of ether oxygens (including phenoxy) is 2. The molecule has 2 heterocycles. The Labute approximate surface area is 103 Å². The van der Waals surface area contributed by atoms with Gasteiger partial charge < -0.3 is 14.8 Å². The summed E-state index contributed by atoms with van der Waals surface area (Å²) in [6.07, 6.45) is 4.09. The maximum atomic E-state index is 5.86. The maximum Gasteiger partial charge on any atom is 0.0818 e. The van der Waals surface area contributed by atoms with E-state index in [1.54, 1.807) is 0 Å². The van der Waals surface area contributed by atoms with Crippen molar-refractivity contribution >= 4 is 11.8 Å². The van der Waals surface area contributed by atoms with Crippen molar-refractivity contribution in [2.75, 3.05) is 38.4 Å². The van der Waals surface area contributed by atoms with Crippen molar-refractivity contribution in [3.63, 3.8) is 0 Å². The minimum absolute atomic E-state index is 0.409. The molecule has 0 radical (unpaired) electrons. The molecule has 2 saturated heterocycles. The van der Waals surface area contributed by atoms with Gasteiger partial charge in [0.25, 0.3) is 0 Å². The third-order valence-corrected chi connectivity index (χ3v) is 4.61. The first-order valence-corrected chi connectivity index (χ1v) is 7.50. The quantitative estimate of drug-likeness (QED) is 0.813. The largest absolute Gasteiger partial charge is 0.381 e. The van der Waals surface area contributed by atoms with Crippen LogP contribution < -0.4 is 5.32 Å². The molecule has 0 saturated carbocycles. The van der Waals surface area contributed by atoms with Crippen LogP contribution in [0.4, 0.5) is 0 Å². The average Bonchev–Trinajstić information content (AvgIpc) is 2.38. The smallest absolute Gasteiger partial charge is 0.0818 e. The molecule has 2 fully saturated rings. The third-order valence-electron chi connectivity index (χ3n) is 3.59. The van der Waals surface area contributed by atoms with Crippen molar-refractivity contribution in [3.8, 4) is 0 Å². The zero-order chi connectivity index (χ0) is 11.2. The summed E-state index contributed by atoms with van der Waals surface area (Å²) < 4.78 is 11.3. The summed E-state index contributed by atoms with van der Waals surface area (Å²) in [6, 6.07) is 0.524. The van der Waals surface area contributed by atoms with Gasteiger partial charge in [0.15, 0.2) is 0 Å². The normalized spacial score (nSPS) is 30.2. The van der Waals surface area contributed by atoms with Crippen LogP contribution in [0.15, 0.2) is 0 Å². The van der Waals surface area contributed by atoms with Crippen LogP contribution in [0.25, 0.3) is 0 Å². The molecule has 3 nitrogen and oxygen atoms in total. The highest BCUT2D eigenvalue weighted by molar-refractivity contribution is 7.99. The first-order valence-electron chi connectivity index (χ1n) is 6.34. The van der Waals surface area contributed by atoms with Gasteiger partial charge in [-0.25, -0.2) is 0 Å². The third kappa shape index (κ3) is 3.62. The number of hydrogen-bond acceptors (Lipinski definition) is 4. The molecule has 2 unspecified atom stereocenters. The lowest BCUT2D eigenvalue weighted by atomic mass is 9.90. The maximum absolute atomic E-state index is 5.86. The Morgan fingerprint density at radius 1 is 1.31 bits per heavy atom. The molecule has 0 amide bonds. The molecule has 1 N–H and O–H groups in total. The fraction of sp³-hybridized carbons (Fsp3) is 1.00. The van der Waals surface area contributed by atoms with E-state index in [1.165, 1.54) is 19.3 Å². The summed E-state index contributed by atoms with van der Waals surface area (Å²) in [5.74, 6) is 3.13. The van der Waals surface area contributed by atoms with Gasteiger partial charge in [-0.1, -0.05) is 0 Å². The zero-order valence-corrected chi connectivity index (χ0v) is 10.9. The van der Waals surface area contributed by atoms with E-state index in [0.717, 1.165) is 37.2 Å². The standard InChI is InChI=1S/C12H23NO2S/c1-13-11(12-9-16-7-6-15-12)8-10-2-4-14-5-3-10/h10-13H,2-9H2,1H3. The zero-order valence-electron chi connectivity index (χ0n) is 10.1. The van der Waals surface area contributed by atoms with E-state index in [4.69, 9.17) is 9.47 Å². The van der Waals surface area contributed by atoms with Crippen LogP contribution in [0.3, 0.4) is 0 Å². The molecule has 0 bridgehead atoms. The molecule has 0 aromatic heterocycles. The van der Waals surface area contributed by atoms with Crippen molar-refractivity contribution in [1.82, 2.24) is 5.32 Å². The first kappa shape index (κ1) is 12.7. The molecule has 2 rings (SSSR count). The summed E-state index contributed by atoms with van der Waals surface area (Å²) in [6.45, 7) is 2.81. The van der Waals surface area contributed by atoms with Gasteiger partial charge >= 0.3 is 0 Å². The number of rotatable bonds is 4. The van der Waals surface area contributed by atoms with Gasteiger partial charge in [-0.3, -0.25) is 0 Å². The predicted octanol–water partition coefficient (Wildman–Crippen LogP) is 1.52. The minimum atomic E-state index is 0.409. The molecule has 0 aliphatic carbocycles. The Balaban J connectivity index is 1.78. The highest BCUT2D eigenvalue weighted by Gasteiger charge is 2.27. The molecule has 2 atom stereocenters. The Kier molecular flexibility index (Phi) is 5.42. The second kappa shape index (κ2) is 6.84. The number of hydrogen-bond donors (Lipinski definition) is 1. The van der Waals surface area contributed by atoms with Crippen LogP contribution in [0.1, 0.15) is 19.3 Å². The second-order valence-corrected chi connectivity index (χ2v) is 5.82. The lowest BCUT2D eigenvalue weighted by molar-refractivity contribution is 0.0246. The molecule has 94 valence electrons. The van der Waals surface area contributed by atoms with Gasteiger partial charge in [0.2, 0.25) is 0 Å². The highest BCUT2D eigenvalue weighted by atomic mass is 32.2. The van der Waals surface area contributed by atoms with Crippen LogP contribution in [0.2, 0.25) is 0 Å². The van der Waals surface area contributed by atoms with Crippen molar-refractivity contribution in [2.24, 2.45) is 5.92 Å². The van der Waals surface area contributed by atoms with E-state index in [9.17, 15) is 0 Å². The lowest BCUT2D eigenvalue weighted by Gasteiger charge is -2.33. The topological polar surface area (TPSA) is 30.5 Å². The van der Waals surface area contributed by atoms with Crippen molar-refractivity contribution in [2.45, 2.75) is 31.4 Å². The molecule has 0 aromatic carbocycles. The van der Waals surface area contributed by atoms with Gasteiger partial charge in [0, 0.05) is 30.8 Å². The average molecular weight is 245 g/mol. The summed E-state index contributed by atoms with van der Waals surface area (Å²) in [5.41, 5.74) is 0. The van der Waals surface area contributed by atoms with Gasteiger partial charge in [-0.2, -0.15) is 11.8 Å². The molecular weight excluding hydrogens is 222 g/mol. The summed E-state index contributed by atoms with van der Waals surface area (Å²) in [4.78, 5) is 0. The fourth-order valence-corrected chi connectivity index (χ4v) is 3.48. The summed E-state index contributed by atoms with van der Waals surface area (Å²) in [5, 5.41) is 3.44. The SMILES string of the molecule is CNC(CC1CCOCC1)C1CSCCO1. The molecule has 2 aliphatic rings. The van der Waals surface area contributed by atoms with Crippen LogP contribution in [-0.4, -0.2) is 50.5 Å². The fourth-order valence-electron chi connectivity index (χ4n) is 2.54. The molecular formula is C12H23NO2S. The van der Waals surface area contributed by atoms with Crippen molar-refractivity contribution in [3.05, 3.63) is 0 Å². The van der Waals surface area contributed by atoms with Crippen molar-refractivity contribution < 1.29 is 9.47 Å². The van der Waals surface area contributed by atoms with Gasteiger partial charge in [0.05, 0.1) is 12.7 Å². The van der Waals surface area contributed by atoms with Crippen LogP contribution in [0.5, 0.6) is 0 Å². The monoisotopic (exact) mass is 245 g/mol. The molecule has 16 heavy (non-hydrogen) atoms. The minimum Gasteiger partial charge on any atom is -0.381 e. The van der Waals surface area contributed by atoms with Gasteiger partial charge in [-0.05, 0) is 32.2 Å². The summed E-state index contributed by atoms with van der Waals surface area (Å²) in [7, 11) is 2.06. The van der Waals surface area contributed by atoms with Crippen LogP contribution in [0, 0.1) is 5.92 Å². The Morgan fingerprint density at radius 2 is 2.12 bits per heavy atom. The van der Waals surface area contributed by atoms with Crippen LogP contribution >= 0.6 is 11.8 Å². The molecule has 2 aliphatic heterocycles. The second-order valence-electron chi connectivity index (χ2n) is 4.67. The van der Waals surface area contributed by atoms with E-state index >= 15 is 0 Å². The molecule has 0 aromatic rings. The number of likely N-dealkylation sites (N-methyl/N-ethyl adjacent to an activating group) is 1. The highest BCUT2D eigenvalue weighted by Crippen LogP contribution is 2.24. The van der Waals surface area contributed by atoms with E-state index < -0.39 is 0 Å². The van der Waals surface area contributed by atoms with Crippen molar-refractivity contribution in [1.29, 1.82) is 0 Å².